The zero-order valence-corrected chi connectivity index (χ0v) is 8.34. The summed E-state index contributed by atoms with van der Waals surface area (Å²) in [5.74, 6) is 1.24. The van der Waals surface area contributed by atoms with Crippen molar-refractivity contribution < 1.29 is 4.52 Å². The number of hydrogen-bond donors (Lipinski definition) is 1. The maximum absolute atomic E-state index is 4.95. The van der Waals surface area contributed by atoms with Gasteiger partial charge in [-0.3, -0.25) is 0 Å². The number of rotatable bonds is 4. The molecule has 2 rings (SSSR count). The van der Waals surface area contributed by atoms with Crippen LogP contribution in [0.2, 0.25) is 0 Å². The molecule has 0 fully saturated rings. The normalized spacial score (nSPS) is 10.5. The predicted molar refractivity (Wildman–Crippen MR) is 51.6 cm³/mol. The Bertz CT molecular complexity index is 413. The number of nitrogens with one attached hydrogen (secondary N) is 1. The van der Waals surface area contributed by atoms with Gasteiger partial charge in [0, 0.05) is 24.5 Å². The highest BCUT2D eigenvalue weighted by Crippen LogP contribution is 1.96. The summed E-state index contributed by atoms with van der Waals surface area (Å²) < 4.78 is 4.95. The molecule has 0 spiro atoms. The van der Waals surface area contributed by atoms with E-state index in [4.69, 9.17) is 4.52 Å². The topological polar surface area (TPSA) is 76.7 Å². The number of aryl methyl sites for hydroxylation is 1. The second-order valence-electron chi connectivity index (χ2n) is 3.09. The van der Waals surface area contributed by atoms with Crippen LogP contribution in [-0.2, 0) is 13.1 Å². The molecular weight excluding hydrogens is 194 g/mol. The number of hydrogen-bond acceptors (Lipinski definition) is 6. The average molecular weight is 205 g/mol. The lowest BCUT2D eigenvalue weighted by atomic mass is 10.3. The van der Waals surface area contributed by atoms with Gasteiger partial charge in [0.1, 0.15) is 6.33 Å². The van der Waals surface area contributed by atoms with Crippen LogP contribution in [0, 0.1) is 6.92 Å². The Morgan fingerprint density at radius 1 is 1.27 bits per heavy atom. The van der Waals surface area contributed by atoms with Crippen LogP contribution >= 0.6 is 0 Å². The van der Waals surface area contributed by atoms with E-state index in [9.17, 15) is 0 Å². The third-order valence-electron chi connectivity index (χ3n) is 1.79. The Morgan fingerprint density at radius 3 is 2.73 bits per heavy atom. The van der Waals surface area contributed by atoms with Gasteiger partial charge in [0.05, 0.1) is 6.54 Å². The van der Waals surface area contributed by atoms with Gasteiger partial charge in [-0.15, -0.1) is 0 Å². The summed E-state index contributed by atoms with van der Waals surface area (Å²) in [6.45, 7) is 3.02. The fraction of sp³-hybridized carbons (Fsp3) is 0.333. The first-order valence-electron chi connectivity index (χ1n) is 4.58. The van der Waals surface area contributed by atoms with Gasteiger partial charge in [-0.2, -0.15) is 4.98 Å². The Kier molecular flexibility index (Phi) is 2.99. The minimum atomic E-state index is 0.551. The van der Waals surface area contributed by atoms with Crippen molar-refractivity contribution in [1.29, 1.82) is 0 Å². The molecule has 0 aromatic carbocycles. The standard InChI is InChI=1S/C9H11N5O/c1-7-13-9(15-14-7)5-10-2-8-3-11-6-12-4-8/h3-4,6,10H,2,5H2,1H3. The molecule has 0 atom stereocenters. The number of nitrogens with zero attached hydrogens (tertiary/aromatic N) is 4. The highest BCUT2D eigenvalue weighted by atomic mass is 16.5. The lowest BCUT2D eigenvalue weighted by Crippen LogP contribution is -2.13. The Morgan fingerprint density at radius 2 is 2.07 bits per heavy atom. The third-order valence-corrected chi connectivity index (χ3v) is 1.79. The summed E-state index contributed by atoms with van der Waals surface area (Å²) in [7, 11) is 0. The van der Waals surface area contributed by atoms with Crippen LogP contribution < -0.4 is 5.32 Å². The maximum atomic E-state index is 4.95. The molecule has 0 bridgehead atoms. The minimum absolute atomic E-state index is 0.551. The Labute approximate surface area is 86.8 Å². The quantitative estimate of drug-likeness (QED) is 0.781. The van der Waals surface area contributed by atoms with Crippen LogP contribution in [-0.4, -0.2) is 20.1 Å². The van der Waals surface area contributed by atoms with Crippen molar-refractivity contribution in [2.45, 2.75) is 20.0 Å². The average Bonchev–Trinajstić information content (AvgIpc) is 2.66. The van der Waals surface area contributed by atoms with E-state index in [0.29, 0.717) is 24.8 Å². The highest BCUT2D eigenvalue weighted by molar-refractivity contribution is 5.01. The fourth-order valence-corrected chi connectivity index (χ4v) is 1.15. The van der Waals surface area contributed by atoms with Crippen molar-refractivity contribution in [3.05, 3.63) is 36.0 Å². The third kappa shape index (κ3) is 2.81. The summed E-state index contributed by atoms with van der Waals surface area (Å²) in [5, 5.41) is 6.85. The van der Waals surface area contributed by atoms with Gasteiger partial charge in [-0.05, 0) is 6.92 Å². The molecule has 15 heavy (non-hydrogen) atoms. The van der Waals surface area contributed by atoms with Gasteiger partial charge in [-0.1, -0.05) is 5.16 Å². The first kappa shape index (κ1) is 9.72. The molecule has 2 heterocycles. The van der Waals surface area contributed by atoms with Crippen molar-refractivity contribution in [1.82, 2.24) is 25.4 Å². The summed E-state index contributed by atoms with van der Waals surface area (Å²) in [4.78, 5) is 11.9. The van der Waals surface area contributed by atoms with E-state index in [-0.39, 0.29) is 0 Å². The molecule has 0 amide bonds. The molecule has 78 valence electrons. The molecular formula is C9H11N5O. The molecule has 0 aliphatic heterocycles. The summed E-state index contributed by atoms with van der Waals surface area (Å²) in [6, 6.07) is 0. The number of aromatic nitrogens is 4. The zero-order chi connectivity index (χ0) is 10.5. The minimum Gasteiger partial charge on any atom is -0.338 e. The molecule has 2 aromatic heterocycles. The molecule has 2 aromatic rings. The fourth-order valence-electron chi connectivity index (χ4n) is 1.15. The van der Waals surface area contributed by atoms with E-state index in [1.54, 1.807) is 19.3 Å². The van der Waals surface area contributed by atoms with E-state index in [2.05, 4.69) is 25.4 Å². The molecule has 0 radical (unpaired) electrons. The molecule has 0 saturated heterocycles. The largest absolute Gasteiger partial charge is 0.338 e. The second kappa shape index (κ2) is 4.61. The molecule has 1 N–H and O–H groups in total. The second-order valence-corrected chi connectivity index (χ2v) is 3.09. The van der Waals surface area contributed by atoms with E-state index in [1.807, 2.05) is 0 Å². The van der Waals surface area contributed by atoms with Crippen molar-refractivity contribution in [2.75, 3.05) is 0 Å². The maximum Gasteiger partial charge on any atom is 0.240 e. The highest BCUT2D eigenvalue weighted by Gasteiger charge is 2.01. The van der Waals surface area contributed by atoms with Gasteiger partial charge < -0.3 is 9.84 Å². The van der Waals surface area contributed by atoms with Crippen molar-refractivity contribution in [3.8, 4) is 0 Å². The van der Waals surface area contributed by atoms with Gasteiger partial charge in [-0.25, -0.2) is 9.97 Å². The molecule has 0 aliphatic rings. The lowest BCUT2D eigenvalue weighted by Gasteiger charge is -1.99. The van der Waals surface area contributed by atoms with Gasteiger partial charge in [0.25, 0.3) is 0 Å². The van der Waals surface area contributed by atoms with Crippen LogP contribution in [0.25, 0.3) is 0 Å². The smallest absolute Gasteiger partial charge is 0.240 e. The predicted octanol–water partition coefficient (Wildman–Crippen LogP) is 0.458. The van der Waals surface area contributed by atoms with Crippen molar-refractivity contribution in [3.63, 3.8) is 0 Å². The Hall–Kier alpha value is -1.82. The van der Waals surface area contributed by atoms with Crippen molar-refractivity contribution in [2.24, 2.45) is 0 Å². The zero-order valence-electron chi connectivity index (χ0n) is 8.34. The summed E-state index contributed by atoms with van der Waals surface area (Å²) in [6.07, 6.45) is 5.03. The van der Waals surface area contributed by atoms with Crippen LogP contribution in [0.1, 0.15) is 17.3 Å². The van der Waals surface area contributed by atoms with Gasteiger partial charge in [0.2, 0.25) is 5.89 Å². The van der Waals surface area contributed by atoms with E-state index >= 15 is 0 Å². The first-order valence-corrected chi connectivity index (χ1v) is 4.58. The summed E-state index contributed by atoms with van der Waals surface area (Å²) >= 11 is 0. The molecule has 0 unspecified atom stereocenters. The van der Waals surface area contributed by atoms with Crippen LogP contribution in [0.5, 0.6) is 0 Å². The lowest BCUT2D eigenvalue weighted by molar-refractivity contribution is 0.364. The van der Waals surface area contributed by atoms with E-state index in [0.717, 1.165) is 5.56 Å². The van der Waals surface area contributed by atoms with E-state index < -0.39 is 0 Å². The van der Waals surface area contributed by atoms with Crippen molar-refractivity contribution >= 4 is 0 Å². The van der Waals surface area contributed by atoms with Crippen LogP contribution in [0.3, 0.4) is 0 Å². The van der Waals surface area contributed by atoms with E-state index in [1.165, 1.54) is 6.33 Å². The molecule has 6 nitrogen and oxygen atoms in total. The Balaban J connectivity index is 1.80. The molecule has 0 saturated carbocycles. The SMILES string of the molecule is Cc1noc(CNCc2cncnc2)n1. The van der Waals surface area contributed by atoms with Gasteiger partial charge in [0.15, 0.2) is 5.82 Å². The summed E-state index contributed by atoms with van der Waals surface area (Å²) in [5.41, 5.74) is 1.02. The monoisotopic (exact) mass is 205 g/mol. The van der Waals surface area contributed by atoms with Crippen LogP contribution in [0.15, 0.2) is 23.2 Å². The molecule has 0 aliphatic carbocycles. The molecule has 6 heteroatoms. The van der Waals surface area contributed by atoms with Gasteiger partial charge >= 0.3 is 0 Å². The van der Waals surface area contributed by atoms with Crippen LogP contribution in [0.4, 0.5) is 0 Å². The first-order chi connectivity index (χ1) is 7.34.